The highest BCUT2D eigenvalue weighted by molar-refractivity contribution is 6.36. The zero-order valence-corrected chi connectivity index (χ0v) is 14.8. The summed E-state index contributed by atoms with van der Waals surface area (Å²) in [7, 11) is 0. The Kier molecular flexibility index (Phi) is 5.53. The van der Waals surface area contributed by atoms with Crippen molar-refractivity contribution in [2.75, 3.05) is 17.2 Å². The molecule has 1 heterocycles. The monoisotopic (exact) mass is 375 g/mol. The van der Waals surface area contributed by atoms with E-state index in [4.69, 9.17) is 27.9 Å². The molecule has 25 heavy (non-hydrogen) atoms. The predicted octanol–water partition coefficient (Wildman–Crippen LogP) is 5.06. The summed E-state index contributed by atoms with van der Waals surface area (Å²) in [4.78, 5) is 4.37. The number of ether oxygens (including phenoxy) is 1. The van der Waals surface area contributed by atoms with Gasteiger partial charge >= 0.3 is 0 Å². The van der Waals surface area contributed by atoms with E-state index < -0.39 is 0 Å². The largest absolute Gasteiger partial charge is 0.494 e. The Morgan fingerprint density at radius 3 is 2.56 bits per heavy atom. The quantitative estimate of drug-likeness (QED) is 0.626. The lowest BCUT2D eigenvalue weighted by Crippen LogP contribution is -2.02. The van der Waals surface area contributed by atoms with Crippen LogP contribution >= 0.6 is 23.2 Å². The second kappa shape index (κ2) is 8.00. The number of hydrogen-bond donors (Lipinski definition) is 2. The van der Waals surface area contributed by atoms with Crippen LogP contribution < -0.4 is 15.4 Å². The van der Waals surface area contributed by atoms with Crippen molar-refractivity contribution in [2.45, 2.75) is 6.92 Å². The molecule has 0 saturated heterocycles. The molecule has 0 amide bonds. The third kappa shape index (κ3) is 4.71. The molecule has 0 bridgehead atoms. The minimum atomic E-state index is 0.320. The zero-order valence-electron chi connectivity index (χ0n) is 13.3. The number of rotatable bonds is 6. The second-order valence-corrected chi connectivity index (χ2v) is 5.84. The highest BCUT2D eigenvalue weighted by Crippen LogP contribution is 2.27. The summed E-state index contributed by atoms with van der Waals surface area (Å²) in [6, 6.07) is 12.7. The second-order valence-electron chi connectivity index (χ2n) is 5.00. The van der Waals surface area contributed by atoms with Gasteiger partial charge in [0.25, 0.3) is 0 Å². The van der Waals surface area contributed by atoms with Crippen LogP contribution in [0, 0.1) is 0 Å². The van der Waals surface area contributed by atoms with Crippen molar-refractivity contribution in [1.29, 1.82) is 0 Å². The first-order chi connectivity index (χ1) is 12.1. The molecule has 0 saturated carbocycles. The van der Waals surface area contributed by atoms with Gasteiger partial charge in [-0.1, -0.05) is 23.2 Å². The van der Waals surface area contributed by atoms with Gasteiger partial charge in [-0.25, -0.2) is 0 Å². The van der Waals surface area contributed by atoms with Crippen LogP contribution in [0.5, 0.6) is 5.75 Å². The van der Waals surface area contributed by atoms with Gasteiger partial charge in [-0.05, 0) is 49.4 Å². The third-order valence-corrected chi connectivity index (χ3v) is 3.72. The van der Waals surface area contributed by atoms with E-state index in [1.165, 1.54) is 6.20 Å². The summed E-state index contributed by atoms with van der Waals surface area (Å²) in [5, 5.41) is 15.1. The van der Waals surface area contributed by atoms with Crippen molar-refractivity contribution in [3.8, 4) is 5.75 Å². The van der Waals surface area contributed by atoms with Gasteiger partial charge in [-0.2, -0.15) is 10.1 Å². The first-order valence-corrected chi connectivity index (χ1v) is 8.31. The summed E-state index contributed by atoms with van der Waals surface area (Å²) in [6.07, 6.45) is 1.53. The Hall–Kier alpha value is -2.57. The maximum Gasteiger partial charge on any atom is 0.249 e. The zero-order chi connectivity index (χ0) is 17.6. The molecule has 6 nitrogen and oxygen atoms in total. The number of aromatic nitrogens is 3. The number of nitrogens with zero attached hydrogens (tertiary/aromatic N) is 3. The van der Waals surface area contributed by atoms with Crippen LogP contribution in [-0.4, -0.2) is 21.8 Å². The summed E-state index contributed by atoms with van der Waals surface area (Å²) < 4.78 is 5.42. The Morgan fingerprint density at radius 1 is 1.04 bits per heavy atom. The lowest BCUT2D eigenvalue weighted by Gasteiger charge is -2.09. The molecule has 0 radical (unpaired) electrons. The SMILES string of the molecule is CCOc1ccc(Nc2cnnc(Nc3ccc(Cl)cc3Cl)n2)cc1. The van der Waals surface area contributed by atoms with E-state index in [1.807, 2.05) is 31.2 Å². The maximum atomic E-state index is 6.14. The van der Waals surface area contributed by atoms with Gasteiger partial charge < -0.3 is 15.4 Å². The molecule has 0 spiro atoms. The van der Waals surface area contributed by atoms with Crippen LogP contribution in [0.25, 0.3) is 0 Å². The van der Waals surface area contributed by atoms with Gasteiger partial charge in [0, 0.05) is 10.7 Å². The summed E-state index contributed by atoms with van der Waals surface area (Å²) in [6.45, 7) is 2.57. The van der Waals surface area contributed by atoms with Gasteiger partial charge in [-0.3, -0.25) is 0 Å². The molecule has 0 fully saturated rings. The van der Waals surface area contributed by atoms with E-state index in [9.17, 15) is 0 Å². The summed E-state index contributed by atoms with van der Waals surface area (Å²) in [5.41, 5.74) is 1.51. The van der Waals surface area contributed by atoms with Crippen molar-refractivity contribution in [3.63, 3.8) is 0 Å². The fourth-order valence-electron chi connectivity index (χ4n) is 2.08. The number of benzene rings is 2. The Morgan fingerprint density at radius 2 is 1.84 bits per heavy atom. The van der Waals surface area contributed by atoms with Gasteiger partial charge in [0.1, 0.15) is 5.75 Å². The van der Waals surface area contributed by atoms with Gasteiger partial charge in [-0.15, -0.1) is 5.10 Å². The number of halogens is 2. The molecule has 0 aliphatic heterocycles. The number of hydrogen-bond acceptors (Lipinski definition) is 6. The molecule has 3 aromatic rings. The van der Waals surface area contributed by atoms with E-state index in [2.05, 4.69) is 25.8 Å². The van der Waals surface area contributed by atoms with E-state index >= 15 is 0 Å². The molecule has 0 atom stereocenters. The van der Waals surface area contributed by atoms with E-state index in [1.54, 1.807) is 18.2 Å². The van der Waals surface area contributed by atoms with E-state index in [0.717, 1.165) is 11.4 Å². The van der Waals surface area contributed by atoms with E-state index in [0.29, 0.717) is 34.1 Å². The van der Waals surface area contributed by atoms with Crippen LogP contribution in [0.4, 0.5) is 23.1 Å². The van der Waals surface area contributed by atoms with Crippen LogP contribution in [0.3, 0.4) is 0 Å². The normalized spacial score (nSPS) is 10.4. The van der Waals surface area contributed by atoms with Crippen molar-refractivity contribution in [1.82, 2.24) is 15.2 Å². The van der Waals surface area contributed by atoms with Gasteiger partial charge in [0.05, 0.1) is 23.5 Å². The van der Waals surface area contributed by atoms with Crippen molar-refractivity contribution in [2.24, 2.45) is 0 Å². The minimum absolute atomic E-state index is 0.320. The molecule has 0 unspecified atom stereocenters. The average Bonchev–Trinajstić information content (AvgIpc) is 2.60. The number of anilines is 4. The van der Waals surface area contributed by atoms with Crippen LogP contribution in [0.2, 0.25) is 10.0 Å². The summed E-state index contributed by atoms with van der Waals surface area (Å²) in [5.74, 6) is 1.68. The highest BCUT2D eigenvalue weighted by atomic mass is 35.5. The highest BCUT2D eigenvalue weighted by Gasteiger charge is 2.06. The average molecular weight is 376 g/mol. The molecule has 2 aromatic carbocycles. The van der Waals surface area contributed by atoms with Crippen LogP contribution in [0.1, 0.15) is 6.92 Å². The van der Waals surface area contributed by atoms with Gasteiger partial charge in [0.2, 0.25) is 5.95 Å². The van der Waals surface area contributed by atoms with Crippen molar-refractivity contribution >= 4 is 46.3 Å². The topological polar surface area (TPSA) is 72.0 Å². The van der Waals surface area contributed by atoms with Crippen LogP contribution in [0.15, 0.2) is 48.7 Å². The third-order valence-electron chi connectivity index (χ3n) is 3.17. The fourth-order valence-corrected chi connectivity index (χ4v) is 2.53. The Labute approximate surface area is 155 Å². The maximum absolute atomic E-state index is 6.14. The molecule has 0 aliphatic carbocycles. The molecule has 128 valence electrons. The van der Waals surface area contributed by atoms with Crippen LogP contribution in [-0.2, 0) is 0 Å². The molecule has 1 aromatic heterocycles. The molecule has 8 heteroatoms. The fraction of sp³-hybridized carbons (Fsp3) is 0.118. The molecular weight excluding hydrogens is 361 g/mol. The standard InChI is InChI=1S/C17H15Cl2N5O/c1-2-25-13-6-4-12(5-7-13)21-16-10-20-24-17(23-16)22-15-8-3-11(18)9-14(15)19/h3-10H,2H2,1H3,(H2,21,22,23,24). The Balaban J connectivity index is 1.72. The molecule has 2 N–H and O–H groups in total. The first-order valence-electron chi connectivity index (χ1n) is 7.55. The molecular formula is C17H15Cl2N5O. The summed E-state index contributed by atoms with van der Waals surface area (Å²) >= 11 is 12.0. The minimum Gasteiger partial charge on any atom is -0.494 e. The number of nitrogens with one attached hydrogen (secondary N) is 2. The van der Waals surface area contributed by atoms with E-state index in [-0.39, 0.29) is 0 Å². The van der Waals surface area contributed by atoms with Crippen molar-refractivity contribution in [3.05, 3.63) is 58.7 Å². The van der Waals surface area contributed by atoms with Gasteiger partial charge in [0.15, 0.2) is 5.82 Å². The predicted molar refractivity (Wildman–Crippen MR) is 100 cm³/mol. The lowest BCUT2D eigenvalue weighted by atomic mass is 10.3. The Bertz CT molecular complexity index is 858. The molecule has 0 aliphatic rings. The smallest absolute Gasteiger partial charge is 0.249 e. The first kappa shape index (κ1) is 17.3. The van der Waals surface area contributed by atoms with Crippen molar-refractivity contribution < 1.29 is 4.74 Å². The lowest BCUT2D eigenvalue weighted by molar-refractivity contribution is 0.340. The molecule has 3 rings (SSSR count).